The Kier molecular flexibility index (Phi) is 8.19. The Morgan fingerprint density at radius 1 is 1.14 bits per heavy atom. The number of aryl methyl sites for hydroxylation is 1. The molecule has 0 fully saturated rings. The number of nitrogens with one attached hydrogen (secondary N) is 1. The zero-order valence-corrected chi connectivity index (χ0v) is 20.9. The maximum Gasteiger partial charge on any atom is 0.305 e. The highest BCUT2D eigenvalue weighted by Gasteiger charge is 2.26. The zero-order chi connectivity index (χ0) is 25.8. The quantitative estimate of drug-likeness (QED) is 0.397. The number of para-hydroxylation sites is 1. The van der Waals surface area contributed by atoms with Crippen molar-refractivity contribution in [3.8, 4) is 11.6 Å². The second kappa shape index (κ2) is 10.9. The van der Waals surface area contributed by atoms with Gasteiger partial charge in [0.2, 0.25) is 5.88 Å². The van der Waals surface area contributed by atoms with E-state index in [1.54, 1.807) is 30.3 Å². The largest absolute Gasteiger partial charge is 0.481 e. The number of aliphatic carboxylic acids is 1. The van der Waals surface area contributed by atoms with Gasteiger partial charge in [-0.2, -0.15) is 9.78 Å². The number of benzene rings is 2. The van der Waals surface area contributed by atoms with Crippen LogP contribution in [0.2, 0.25) is 5.02 Å². The first-order chi connectivity index (χ1) is 16.5. The fourth-order valence-electron chi connectivity index (χ4n) is 3.33. The summed E-state index contributed by atoms with van der Waals surface area (Å²) in [6, 6.07) is 15.0. The van der Waals surface area contributed by atoms with Crippen LogP contribution in [-0.2, 0) is 4.79 Å². The van der Waals surface area contributed by atoms with Crippen LogP contribution in [0.1, 0.15) is 54.8 Å². The molecule has 0 saturated heterocycles. The fraction of sp³-hybridized carbons (Fsp3) is 0.346. The molecule has 0 radical (unpaired) electrons. The number of carboxylic acid groups (broad SMARTS) is 1. The van der Waals surface area contributed by atoms with Crippen molar-refractivity contribution in [2.24, 2.45) is 5.41 Å². The number of aliphatic hydroxyl groups is 1. The Balaban J connectivity index is 1.93. The van der Waals surface area contributed by atoms with E-state index in [-0.39, 0.29) is 24.6 Å². The highest BCUT2D eigenvalue weighted by atomic mass is 35.5. The van der Waals surface area contributed by atoms with Crippen LogP contribution >= 0.6 is 11.6 Å². The van der Waals surface area contributed by atoms with Crippen LogP contribution in [0.25, 0.3) is 5.69 Å². The van der Waals surface area contributed by atoms with Gasteiger partial charge in [-0.3, -0.25) is 9.59 Å². The lowest BCUT2D eigenvalue weighted by Gasteiger charge is -2.25. The minimum atomic E-state index is -1.04. The van der Waals surface area contributed by atoms with E-state index in [9.17, 15) is 19.8 Å². The summed E-state index contributed by atoms with van der Waals surface area (Å²) >= 11 is 6.36. The number of rotatable bonds is 9. The fourth-order valence-corrected chi connectivity index (χ4v) is 3.55. The molecule has 0 aliphatic carbocycles. The Morgan fingerprint density at radius 2 is 1.86 bits per heavy atom. The van der Waals surface area contributed by atoms with Crippen LogP contribution in [-0.4, -0.2) is 44.6 Å². The molecule has 1 aromatic heterocycles. The SMILES string of the molecule is Cc1cccc([C@H](CC(=O)O)NC(=O)c2cc(OC[C@@H](O)C(C)(C)C)n(-c3ccccc3Cl)n2)c1. The smallest absolute Gasteiger partial charge is 0.305 e. The maximum absolute atomic E-state index is 13.2. The van der Waals surface area contributed by atoms with Crippen LogP contribution < -0.4 is 10.1 Å². The number of carbonyl (C=O) groups is 2. The molecular formula is C26H30ClN3O5. The first kappa shape index (κ1) is 26.2. The lowest BCUT2D eigenvalue weighted by atomic mass is 9.90. The van der Waals surface area contributed by atoms with E-state index < -0.39 is 29.4 Å². The third-order valence-electron chi connectivity index (χ3n) is 5.51. The molecule has 0 aliphatic rings. The summed E-state index contributed by atoms with van der Waals surface area (Å²) in [6.07, 6.45) is -1.06. The van der Waals surface area contributed by atoms with Gasteiger partial charge < -0.3 is 20.3 Å². The van der Waals surface area contributed by atoms with Crippen LogP contribution in [0, 0.1) is 12.3 Å². The van der Waals surface area contributed by atoms with Crippen LogP contribution in [0.5, 0.6) is 5.88 Å². The predicted molar refractivity (Wildman–Crippen MR) is 133 cm³/mol. The van der Waals surface area contributed by atoms with Crippen molar-refractivity contribution in [3.63, 3.8) is 0 Å². The number of hydrogen-bond acceptors (Lipinski definition) is 5. The van der Waals surface area contributed by atoms with E-state index in [4.69, 9.17) is 16.3 Å². The third-order valence-corrected chi connectivity index (χ3v) is 5.83. The van der Waals surface area contributed by atoms with E-state index in [0.717, 1.165) is 5.56 Å². The van der Waals surface area contributed by atoms with Crippen LogP contribution in [0.15, 0.2) is 54.6 Å². The van der Waals surface area contributed by atoms with Crippen molar-refractivity contribution in [1.82, 2.24) is 15.1 Å². The number of aromatic nitrogens is 2. The Labute approximate surface area is 209 Å². The molecule has 2 atom stereocenters. The second-order valence-electron chi connectivity index (χ2n) is 9.46. The second-order valence-corrected chi connectivity index (χ2v) is 9.87. The molecule has 9 heteroatoms. The van der Waals surface area contributed by atoms with Crippen molar-refractivity contribution in [2.75, 3.05) is 6.61 Å². The van der Waals surface area contributed by atoms with Crippen molar-refractivity contribution in [3.05, 3.63) is 76.4 Å². The van der Waals surface area contributed by atoms with Gasteiger partial charge in [0.15, 0.2) is 5.69 Å². The Bertz CT molecular complexity index is 1200. The zero-order valence-electron chi connectivity index (χ0n) is 20.2. The van der Waals surface area contributed by atoms with Gasteiger partial charge in [0.05, 0.1) is 29.3 Å². The molecule has 3 N–H and O–H groups in total. The molecule has 35 heavy (non-hydrogen) atoms. The van der Waals surface area contributed by atoms with Gasteiger partial charge in [-0.1, -0.05) is 74.3 Å². The normalized spacial score (nSPS) is 13.2. The van der Waals surface area contributed by atoms with Crippen molar-refractivity contribution in [1.29, 1.82) is 0 Å². The van der Waals surface area contributed by atoms with Gasteiger partial charge in [0.1, 0.15) is 6.61 Å². The number of halogens is 1. The van der Waals surface area contributed by atoms with E-state index in [1.165, 1.54) is 10.7 Å². The summed E-state index contributed by atoms with van der Waals surface area (Å²) in [6.45, 7) is 7.53. The molecule has 2 aromatic carbocycles. The Hall–Kier alpha value is -3.36. The van der Waals surface area contributed by atoms with Gasteiger partial charge in [-0.15, -0.1) is 0 Å². The minimum absolute atomic E-state index is 0.0215. The Morgan fingerprint density at radius 3 is 2.49 bits per heavy atom. The van der Waals surface area contributed by atoms with E-state index >= 15 is 0 Å². The number of amides is 1. The van der Waals surface area contributed by atoms with Crippen LogP contribution in [0.3, 0.4) is 0 Å². The van der Waals surface area contributed by atoms with E-state index in [2.05, 4.69) is 10.4 Å². The molecule has 0 bridgehead atoms. The standard InChI is InChI=1S/C26H30ClN3O5/c1-16-8-7-9-17(12-16)19(14-24(32)33)28-25(34)20-13-23(35-15-22(31)26(2,3)4)30(29-20)21-11-6-5-10-18(21)27/h5-13,19,22,31H,14-15H2,1-4H3,(H,28,34)(H,32,33)/t19-,22+/m0/s1. The highest BCUT2D eigenvalue weighted by molar-refractivity contribution is 6.32. The molecule has 3 rings (SSSR count). The molecule has 3 aromatic rings. The van der Waals surface area contributed by atoms with E-state index in [1.807, 2.05) is 45.9 Å². The van der Waals surface area contributed by atoms with Gasteiger partial charge in [-0.05, 0) is 30.0 Å². The van der Waals surface area contributed by atoms with Gasteiger partial charge in [0, 0.05) is 6.07 Å². The first-order valence-corrected chi connectivity index (χ1v) is 11.6. The number of aliphatic hydroxyl groups excluding tert-OH is 1. The lowest BCUT2D eigenvalue weighted by molar-refractivity contribution is -0.137. The average molecular weight is 500 g/mol. The van der Waals surface area contributed by atoms with Crippen molar-refractivity contribution < 1.29 is 24.5 Å². The molecule has 0 aliphatic heterocycles. The molecule has 186 valence electrons. The predicted octanol–water partition coefficient (Wildman–Crippen LogP) is 4.57. The third kappa shape index (κ3) is 6.83. The highest BCUT2D eigenvalue weighted by Crippen LogP contribution is 2.27. The topological polar surface area (TPSA) is 114 Å². The first-order valence-electron chi connectivity index (χ1n) is 11.2. The van der Waals surface area contributed by atoms with Gasteiger partial charge in [-0.25, -0.2) is 0 Å². The molecular weight excluding hydrogens is 470 g/mol. The van der Waals surface area contributed by atoms with Crippen LogP contribution in [0.4, 0.5) is 0 Å². The minimum Gasteiger partial charge on any atom is -0.481 e. The summed E-state index contributed by atoms with van der Waals surface area (Å²) in [7, 11) is 0. The summed E-state index contributed by atoms with van der Waals surface area (Å²) in [5.41, 5.74) is 1.73. The lowest BCUT2D eigenvalue weighted by Crippen LogP contribution is -2.32. The molecule has 1 amide bonds. The maximum atomic E-state index is 13.2. The average Bonchev–Trinajstić information content (AvgIpc) is 3.20. The van der Waals surface area contributed by atoms with Crippen molar-refractivity contribution in [2.45, 2.75) is 46.3 Å². The number of ether oxygens (including phenoxy) is 1. The molecule has 0 spiro atoms. The molecule has 0 unspecified atom stereocenters. The number of hydrogen-bond donors (Lipinski definition) is 3. The summed E-state index contributed by atoms with van der Waals surface area (Å²) in [4.78, 5) is 24.6. The molecule has 0 saturated carbocycles. The summed E-state index contributed by atoms with van der Waals surface area (Å²) in [5, 5.41) is 27.4. The number of carboxylic acids is 1. The molecule has 8 nitrogen and oxygen atoms in total. The number of carbonyl (C=O) groups excluding carboxylic acids is 1. The monoisotopic (exact) mass is 499 g/mol. The van der Waals surface area contributed by atoms with Gasteiger partial charge >= 0.3 is 5.97 Å². The summed E-state index contributed by atoms with van der Waals surface area (Å²) < 4.78 is 7.25. The molecule has 1 heterocycles. The summed E-state index contributed by atoms with van der Waals surface area (Å²) in [5.74, 6) is -1.39. The van der Waals surface area contributed by atoms with Crippen molar-refractivity contribution >= 4 is 23.5 Å². The number of nitrogens with zero attached hydrogens (tertiary/aromatic N) is 2. The van der Waals surface area contributed by atoms with E-state index in [0.29, 0.717) is 16.3 Å². The van der Waals surface area contributed by atoms with Gasteiger partial charge in [0.25, 0.3) is 5.91 Å².